The van der Waals surface area contributed by atoms with Crippen molar-refractivity contribution in [2.75, 3.05) is 0 Å². The van der Waals surface area contributed by atoms with Gasteiger partial charge >= 0.3 is 5.97 Å². The molecule has 0 atom stereocenters. The number of hydrogen-bond donors (Lipinski definition) is 2. The van der Waals surface area contributed by atoms with Crippen molar-refractivity contribution >= 4 is 27.8 Å². The number of carboxylic acid groups (broad SMARTS) is 1. The van der Waals surface area contributed by atoms with Crippen LogP contribution in [-0.4, -0.2) is 36.5 Å². The predicted octanol–water partition coefficient (Wildman–Crippen LogP) is 0.877. The standard InChI is InChI=1S/C12H14BrN5O3/c1-2-18-10(9(13)4-16-18)5-14-12(21)8-3-15-17(6-8)7-11(19)20/h3-4,6H,2,5,7H2,1H3,(H,14,21)(H,19,20). The molecular formula is C12H14BrN5O3. The lowest BCUT2D eigenvalue weighted by molar-refractivity contribution is -0.137. The van der Waals surface area contributed by atoms with Crippen LogP contribution in [0.25, 0.3) is 0 Å². The highest BCUT2D eigenvalue weighted by Crippen LogP contribution is 2.15. The number of aliphatic carboxylic acids is 1. The van der Waals surface area contributed by atoms with E-state index in [1.807, 2.05) is 6.92 Å². The number of rotatable bonds is 6. The van der Waals surface area contributed by atoms with Crippen molar-refractivity contribution in [2.45, 2.75) is 26.6 Å². The Morgan fingerprint density at radius 1 is 1.38 bits per heavy atom. The van der Waals surface area contributed by atoms with E-state index in [0.717, 1.165) is 10.2 Å². The highest BCUT2D eigenvalue weighted by Gasteiger charge is 2.12. The number of hydrogen-bond acceptors (Lipinski definition) is 4. The van der Waals surface area contributed by atoms with Gasteiger partial charge in [-0.1, -0.05) is 0 Å². The first-order valence-corrected chi connectivity index (χ1v) is 7.03. The number of carboxylic acids is 1. The Bertz CT molecular complexity index is 664. The third-order valence-corrected chi connectivity index (χ3v) is 3.47. The molecule has 8 nitrogen and oxygen atoms in total. The zero-order valence-electron chi connectivity index (χ0n) is 11.3. The zero-order valence-corrected chi connectivity index (χ0v) is 12.9. The van der Waals surface area contributed by atoms with Crippen molar-refractivity contribution < 1.29 is 14.7 Å². The highest BCUT2D eigenvalue weighted by atomic mass is 79.9. The minimum atomic E-state index is -1.01. The molecule has 0 radical (unpaired) electrons. The summed E-state index contributed by atoms with van der Waals surface area (Å²) in [5.41, 5.74) is 1.18. The maximum Gasteiger partial charge on any atom is 0.325 e. The quantitative estimate of drug-likeness (QED) is 0.800. The van der Waals surface area contributed by atoms with Gasteiger partial charge < -0.3 is 10.4 Å². The van der Waals surface area contributed by atoms with E-state index in [1.54, 1.807) is 10.9 Å². The van der Waals surface area contributed by atoms with Gasteiger partial charge in [0, 0.05) is 12.7 Å². The molecule has 2 aromatic rings. The van der Waals surface area contributed by atoms with Gasteiger partial charge in [0.1, 0.15) is 6.54 Å². The number of aromatic nitrogens is 4. The largest absolute Gasteiger partial charge is 0.480 e. The van der Waals surface area contributed by atoms with Gasteiger partial charge in [-0.3, -0.25) is 19.0 Å². The van der Waals surface area contributed by atoms with Crippen LogP contribution in [0.5, 0.6) is 0 Å². The highest BCUT2D eigenvalue weighted by molar-refractivity contribution is 9.10. The lowest BCUT2D eigenvalue weighted by Crippen LogP contribution is -2.24. The Morgan fingerprint density at radius 2 is 2.14 bits per heavy atom. The number of carbonyl (C=O) groups is 2. The molecule has 0 saturated carbocycles. The summed E-state index contributed by atoms with van der Waals surface area (Å²) in [6, 6.07) is 0. The fraction of sp³-hybridized carbons (Fsp3) is 0.333. The van der Waals surface area contributed by atoms with Gasteiger partial charge in [0.2, 0.25) is 0 Å². The Labute approximate surface area is 128 Å². The molecule has 2 N–H and O–H groups in total. The molecular weight excluding hydrogens is 342 g/mol. The van der Waals surface area contributed by atoms with E-state index in [-0.39, 0.29) is 12.5 Å². The van der Waals surface area contributed by atoms with Crippen molar-refractivity contribution in [3.63, 3.8) is 0 Å². The fourth-order valence-electron chi connectivity index (χ4n) is 1.81. The third-order valence-electron chi connectivity index (χ3n) is 2.81. The van der Waals surface area contributed by atoms with Gasteiger partial charge in [-0.05, 0) is 22.9 Å². The minimum Gasteiger partial charge on any atom is -0.480 e. The van der Waals surface area contributed by atoms with E-state index in [2.05, 4.69) is 31.4 Å². The first kappa shape index (κ1) is 15.2. The molecule has 0 aliphatic carbocycles. The van der Waals surface area contributed by atoms with E-state index in [9.17, 15) is 9.59 Å². The summed E-state index contributed by atoms with van der Waals surface area (Å²) in [6.07, 6.45) is 4.41. The number of aryl methyl sites for hydroxylation is 1. The maximum atomic E-state index is 12.0. The van der Waals surface area contributed by atoms with E-state index in [1.165, 1.54) is 17.1 Å². The molecule has 112 valence electrons. The monoisotopic (exact) mass is 355 g/mol. The predicted molar refractivity (Wildman–Crippen MR) is 76.6 cm³/mol. The molecule has 9 heteroatoms. The van der Waals surface area contributed by atoms with Crippen molar-refractivity contribution in [3.05, 3.63) is 34.3 Å². The van der Waals surface area contributed by atoms with Gasteiger partial charge in [-0.15, -0.1) is 0 Å². The molecule has 1 amide bonds. The SMILES string of the molecule is CCn1ncc(Br)c1CNC(=O)c1cnn(CC(=O)O)c1. The number of amides is 1. The Morgan fingerprint density at radius 3 is 2.81 bits per heavy atom. The third kappa shape index (κ3) is 3.69. The molecule has 0 aliphatic heterocycles. The van der Waals surface area contributed by atoms with Crippen LogP contribution in [0.15, 0.2) is 23.1 Å². The molecule has 21 heavy (non-hydrogen) atoms. The summed E-state index contributed by atoms with van der Waals surface area (Å²) in [5.74, 6) is -1.33. The lowest BCUT2D eigenvalue weighted by Gasteiger charge is -2.06. The summed E-state index contributed by atoms with van der Waals surface area (Å²) < 4.78 is 3.80. The Hall–Kier alpha value is -2.16. The molecule has 2 aromatic heterocycles. The van der Waals surface area contributed by atoms with Crippen LogP contribution in [-0.2, 0) is 24.4 Å². The first-order chi connectivity index (χ1) is 10.0. The molecule has 2 rings (SSSR count). The minimum absolute atomic E-state index is 0.276. The van der Waals surface area contributed by atoms with Gasteiger partial charge in [0.05, 0.1) is 34.7 Å². The van der Waals surface area contributed by atoms with Crippen molar-refractivity contribution in [1.82, 2.24) is 24.9 Å². The van der Waals surface area contributed by atoms with E-state index in [0.29, 0.717) is 18.7 Å². The van der Waals surface area contributed by atoms with Crippen LogP contribution in [0.1, 0.15) is 23.0 Å². The maximum absolute atomic E-state index is 12.0. The molecule has 0 fully saturated rings. The summed E-state index contributed by atoms with van der Waals surface area (Å²) >= 11 is 3.38. The van der Waals surface area contributed by atoms with Gasteiger partial charge in [-0.2, -0.15) is 10.2 Å². The number of carbonyl (C=O) groups excluding carboxylic acids is 1. The first-order valence-electron chi connectivity index (χ1n) is 6.24. The summed E-state index contributed by atoms with van der Waals surface area (Å²) in [7, 11) is 0. The molecule has 0 unspecified atom stereocenters. The summed E-state index contributed by atoms with van der Waals surface area (Å²) in [4.78, 5) is 22.6. The van der Waals surface area contributed by atoms with E-state index >= 15 is 0 Å². The molecule has 0 bridgehead atoms. The van der Waals surface area contributed by atoms with Gasteiger partial charge in [0.15, 0.2) is 0 Å². The van der Waals surface area contributed by atoms with Crippen LogP contribution in [0.4, 0.5) is 0 Å². The average molecular weight is 356 g/mol. The average Bonchev–Trinajstić information content (AvgIpc) is 3.02. The molecule has 0 aliphatic rings. The second-order valence-electron chi connectivity index (χ2n) is 4.26. The van der Waals surface area contributed by atoms with Crippen LogP contribution in [0.2, 0.25) is 0 Å². The van der Waals surface area contributed by atoms with Crippen molar-refractivity contribution in [2.24, 2.45) is 0 Å². The zero-order chi connectivity index (χ0) is 15.4. The smallest absolute Gasteiger partial charge is 0.325 e. The molecule has 0 spiro atoms. The number of nitrogens with one attached hydrogen (secondary N) is 1. The van der Waals surface area contributed by atoms with Crippen LogP contribution in [0.3, 0.4) is 0 Å². The molecule has 0 saturated heterocycles. The Kier molecular flexibility index (Phi) is 4.73. The summed E-state index contributed by atoms with van der Waals surface area (Å²) in [5, 5.41) is 19.4. The molecule has 2 heterocycles. The van der Waals surface area contributed by atoms with Crippen molar-refractivity contribution in [3.8, 4) is 0 Å². The second-order valence-corrected chi connectivity index (χ2v) is 5.11. The second kappa shape index (κ2) is 6.53. The van der Waals surface area contributed by atoms with Crippen molar-refractivity contribution in [1.29, 1.82) is 0 Å². The van der Waals surface area contributed by atoms with Gasteiger partial charge in [0.25, 0.3) is 5.91 Å². The number of nitrogens with zero attached hydrogens (tertiary/aromatic N) is 4. The lowest BCUT2D eigenvalue weighted by atomic mass is 10.3. The van der Waals surface area contributed by atoms with Crippen LogP contribution in [0, 0.1) is 0 Å². The Balaban J connectivity index is 2.00. The van der Waals surface area contributed by atoms with E-state index < -0.39 is 5.97 Å². The summed E-state index contributed by atoms with van der Waals surface area (Å²) in [6.45, 7) is 2.70. The fourth-order valence-corrected chi connectivity index (χ4v) is 2.24. The van der Waals surface area contributed by atoms with Crippen LogP contribution >= 0.6 is 15.9 Å². The normalized spacial score (nSPS) is 10.6. The van der Waals surface area contributed by atoms with Gasteiger partial charge in [-0.25, -0.2) is 0 Å². The topological polar surface area (TPSA) is 102 Å². The van der Waals surface area contributed by atoms with E-state index in [4.69, 9.17) is 5.11 Å². The number of halogens is 1. The van der Waals surface area contributed by atoms with Crippen LogP contribution < -0.4 is 5.32 Å². The molecule has 0 aromatic carbocycles.